The van der Waals surface area contributed by atoms with Crippen LogP contribution in [0.5, 0.6) is 0 Å². The van der Waals surface area contributed by atoms with Gasteiger partial charge in [-0.1, -0.05) is 19.8 Å². The van der Waals surface area contributed by atoms with E-state index < -0.39 is 0 Å². The van der Waals surface area contributed by atoms with Crippen molar-refractivity contribution in [2.75, 3.05) is 0 Å². The number of Topliss-reactive ketones (excluding diaryl/α,β-unsaturated/α-hetero) is 1. The van der Waals surface area contributed by atoms with Gasteiger partial charge in [0.2, 0.25) is 0 Å². The average molecular weight is 206 g/mol. The number of rotatable bonds is 2. The van der Waals surface area contributed by atoms with E-state index in [2.05, 4.69) is 11.9 Å². The van der Waals surface area contributed by atoms with Crippen LogP contribution < -0.4 is 0 Å². The van der Waals surface area contributed by atoms with Crippen molar-refractivity contribution in [2.24, 2.45) is 18.9 Å². The van der Waals surface area contributed by atoms with Crippen LogP contribution in [0.25, 0.3) is 0 Å². The van der Waals surface area contributed by atoms with Gasteiger partial charge >= 0.3 is 0 Å². The second-order valence-corrected chi connectivity index (χ2v) is 4.72. The highest BCUT2D eigenvalue weighted by molar-refractivity contribution is 5.96. The van der Waals surface area contributed by atoms with Gasteiger partial charge in [0.15, 0.2) is 5.78 Å². The van der Waals surface area contributed by atoms with Gasteiger partial charge in [-0.25, -0.2) is 4.98 Å². The van der Waals surface area contributed by atoms with Crippen molar-refractivity contribution in [3.05, 3.63) is 18.2 Å². The number of hydrogen-bond donors (Lipinski definition) is 0. The molecule has 2 atom stereocenters. The first kappa shape index (κ1) is 10.4. The number of hydrogen-bond acceptors (Lipinski definition) is 2. The molecule has 1 aliphatic carbocycles. The third-order valence-corrected chi connectivity index (χ3v) is 3.38. The second kappa shape index (κ2) is 4.17. The zero-order valence-corrected chi connectivity index (χ0v) is 9.44. The molecule has 0 aromatic carbocycles. The number of ketones is 1. The minimum absolute atomic E-state index is 0.226. The standard InChI is InChI=1S/C12H18N2O/c1-9-4-3-5-10(6-9)12(15)11-7-13-8-14(11)2/h7-10H,3-6H2,1-2H3. The predicted octanol–water partition coefficient (Wildman–Crippen LogP) is 2.43. The van der Waals surface area contributed by atoms with Crippen molar-refractivity contribution in [3.8, 4) is 0 Å². The Morgan fingerprint density at radius 2 is 2.33 bits per heavy atom. The van der Waals surface area contributed by atoms with Crippen molar-refractivity contribution < 1.29 is 4.79 Å². The molecule has 1 saturated carbocycles. The van der Waals surface area contributed by atoms with E-state index in [1.165, 1.54) is 12.8 Å². The molecular weight excluding hydrogens is 188 g/mol. The predicted molar refractivity (Wildman–Crippen MR) is 58.7 cm³/mol. The molecular formula is C12H18N2O. The number of nitrogens with zero attached hydrogens (tertiary/aromatic N) is 2. The van der Waals surface area contributed by atoms with Gasteiger partial charge in [0.25, 0.3) is 0 Å². The number of carbonyl (C=O) groups excluding carboxylic acids is 1. The fourth-order valence-corrected chi connectivity index (χ4v) is 2.48. The Bertz CT molecular complexity index is 356. The third kappa shape index (κ3) is 2.11. The van der Waals surface area contributed by atoms with E-state index in [1.807, 2.05) is 11.6 Å². The molecule has 3 nitrogen and oxygen atoms in total. The molecule has 2 unspecified atom stereocenters. The third-order valence-electron chi connectivity index (χ3n) is 3.38. The SMILES string of the molecule is CC1CCCC(C(=O)c2cncn2C)C1. The molecule has 1 heterocycles. The number of aryl methyl sites for hydroxylation is 1. The molecule has 2 rings (SSSR count). The summed E-state index contributed by atoms with van der Waals surface area (Å²) in [6, 6.07) is 0. The number of aromatic nitrogens is 2. The number of imidazole rings is 1. The zero-order chi connectivity index (χ0) is 10.8. The van der Waals surface area contributed by atoms with E-state index in [4.69, 9.17) is 0 Å². The molecule has 0 bridgehead atoms. The lowest BCUT2D eigenvalue weighted by atomic mass is 9.79. The minimum atomic E-state index is 0.226. The highest BCUT2D eigenvalue weighted by Gasteiger charge is 2.27. The monoisotopic (exact) mass is 206 g/mol. The molecule has 82 valence electrons. The smallest absolute Gasteiger partial charge is 0.183 e. The first-order valence-corrected chi connectivity index (χ1v) is 5.69. The molecule has 0 radical (unpaired) electrons. The van der Waals surface area contributed by atoms with E-state index in [-0.39, 0.29) is 11.7 Å². The Morgan fingerprint density at radius 3 is 2.93 bits per heavy atom. The van der Waals surface area contributed by atoms with E-state index >= 15 is 0 Å². The van der Waals surface area contributed by atoms with Crippen molar-refractivity contribution in [1.82, 2.24) is 9.55 Å². The van der Waals surface area contributed by atoms with Crippen LogP contribution >= 0.6 is 0 Å². The lowest BCUT2D eigenvalue weighted by Crippen LogP contribution is -2.23. The maximum atomic E-state index is 12.2. The van der Waals surface area contributed by atoms with Gasteiger partial charge < -0.3 is 4.57 Å². The summed E-state index contributed by atoms with van der Waals surface area (Å²) in [6.45, 7) is 2.24. The highest BCUT2D eigenvalue weighted by atomic mass is 16.1. The molecule has 0 amide bonds. The topological polar surface area (TPSA) is 34.9 Å². The quantitative estimate of drug-likeness (QED) is 0.696. The molecule has 0 aliphatic heterocycles. The van der Waals surface area contributed by atoms with Crippen LogP contribution in [0, 0.1) is 11.8 Å². The fourth-order valence-electron chi connectivity index (χ4n) is 2.48. The maximum Gasteiger partial charge on any atom is 0.183 e. The first-order valence-electron chi connectivity index (χ1n) is 5.69. The van der Waals surface area contributed by atoms with Crippen molar-refractivity contribution in [2.45, 2.75) is 32.6 Å². The molecule has 1 aliphatic rings. The summed E-state index contributed by atoms with van der Waals surface area (Å²) in [5.41, 5.74) is 0.758. The van der Waals surface area contributed by atoms with Crippen LogP contribution in [0.15, 0.2) is 12.5 Å². The van der Waals surface area contributed by atoms with Gasteiger partial charge in [0, 0.05) is 13.0 Å². The molecule has 0 N–H and O–H groups in total. The molecule has 0 spiro atoms. The first-order chi connectivity index (χ1) is 7.18. The molecule has 1 aromatic rings. The van der Waals surface area contributed by atoms with E-state index in [1.54, 1.807) is 12.5 Å². The highest BCUT2D eigenvalue weighted by Crippen LogP contribution is 2.30. The van der Waals surface area contributed by atoms with Crippen LogP contribution in [0.2, 0.25) is 0 Å². The maximum absolute atomic E-state index is 12.2. The van der Waals surface area contributed by atoms with Gasteiger partial charge in [-0.05, 0) is 18.8 Å². The summed E-state index contributed by atoms with van der Waals surface area (Å²) in [6.07, 6.45) is 7.93. The Kier molecular flexibility index (Phi) is 2.89. The largest absolute Gasteiger partial charge is 0.331 e. The van der Waals surface area contributed by atoms with Gasteiger partial charge in [0.1, 0.15) is 5.69 Å². The lowest BCUT2D eigenvalue weighted by Gasteiger charge is -2.25. The van der Waals surface area contributed by atoms with E-state index in [0.717, 1.165) is 18.5 Å². The van der Waals surface area contributed by atoms with Crippen LogP contribution in [0.1, 0.15) is 43.1 Å². The van der Waals surface area contributed by atoms with E-state index in [0.29, 0.717) is 5.92 Å². The Balaban J connectivity index is 2.11. The minimum Gasteiger partial charge on any atom is -0.331 e. The van der Waals surface area contributed by atoms with Gasteiger partial charge in [-0.2, -0.15) is 0 Å². The van der Waals surface area contributed by atoms with Crippen molar-refractivity contribution in [1.29, 1.82) is 0 Å². The van der Waals surface area contributed by atoms with E-state index in [9.17, 15) is 4.79 Å². The summed E-state index contributed by atoms with van der Waals surface area (Å²) in [4.78, 5) is 16.2. The second-order valence-electron chi connectivity index (χ2n) is 4.72. The molecule has 0 saturated heterocycles. The zero-order valence-electron chi connectivity index (χ0n) is 9.44. The number of carbonyl (C=O) groups is 1. The summed E-state index contributed by atoms with van der Waals surface area (Å²) in [7, 11) is 1.88. The van der Waals surface area contributed by atoms with Crippen LogP contribution in [0.4, 0.5) is 0 Å². The normalized spacial score (nSPS) is 26.5. The van der Waals surface area contributed by atoms with Gasteiger partial charge in [-0.3, -0.25) is 4.79 Å². The van der Waals surface area contributed by atoms with Crippen LogP contribution in [-0.2, 0) is 7.05 Å². The Morgan fingerprint density at radius 1 is 1.53 bits per heavy atom. The van der Waals surface area contributed by atoms with Crippen LogP contribution in [-0.4, -0.2) is 15.3 Å². The molecule has 3 heteroatoms. The van der Waals surface area contributed by atoms with Crippen molar-refractivity contribution in [3.63, 3.8) is 0 Å². The molecule has 15 heavy (non-hydrogen) atoms. The Hall–Kier alpha value is -1.12. The average Bonchev–Trinajstić information content (AvgIpc) is 2.63. The van der Waals surface area contributed by atoms with Crippen molar-refractivity contribution >= 4 is 5.78 Å². The molecule has 1 aromatic heterocycles. The van der Waals surface area contributed by atoms with Gasteiger partial charge in [-0.15, -0.1) is 0 Å². The summed E-state index contributed by atoms with van der Waals surface area (Å²) < 4.78 is 1.82. The Labute approximate surface area is 90.5 Å². The summed E-state index contributed by atoms with van der Waals surface area (Å²) in [5.74, 6) is 1.20. The van der Waals surface area contributed by atoms with Crippen LogP contribution in [0.3, 0.4) is 0 Å². The summed E-state index contributed by atoms with van der Waals surface area (Å²) >= 11 is 0. The fraction of sp³-hybridized carbons (Fsp3) is 0.667. The summed E-state index contributed by atoms with van der Waals surface area (Å²) in [5, 5.41) is 0. The molecule has 1 fully saturated rings. The lowest BCUT2D eigenvalue weighted by molar-refractivity contribution is 0.0859. The van der Waals surface area contributed by atoms with Gasteiger partial charge in [0.05, 0.1) is 12.5 Å².